The molecular formula is C30H28ClNO7. The Morgan fingerprint density at radius 2 is 1.72 bits per heavy atom. The van der Waals surface area contributed by atoms with Gasteiger partial charge in [-0.25, -0.2) is 4.79 Å². The molecule has 0 bridgehead atoms. The van der Waals surface area contributed by atoms with Crippen molar-refractivity contribution in [1.29, 1.82) is 0 Å². The van der Waals surface area contributed by atoms with Gasteiger partial charge in [-0.15, -0.1) is 0 Å². The van der Waals surface area contributed by atoms with Crippen molar-refractivity contribution in [2.45, 2.75) is 26.3 Å². The van der Waals surface area contributed by atoms with Crippen LogP contribution in [0.1, 0.15) is 46.4 Å². The minimum atomic E-state index is -1.00. The molecule has 202 valence electrons. The number of hydrogen-bond acceptors (Lipinski definition) is 7. The largest absolute Gasteiger partial charge is 0.507 e. The molecule has 39 heavy (non-hydrogen) atoms. The van der Waals surface area contributed by atoms with E-state index in [0.29, 0.717) is 23.4 Å². The zero-order valence-electron chi connectivity index (χ0n) is 22.0. The van der Waals surface area contributed by atoms with Gasteiger partial charge in [0.15, 0.2) is 0 Å². The molecule has 9 heteroatoms. The van der Waals surface area contributed by atoms with E-state index >= 15 is 0 Å². The van der Waals surface area contributed by atoms with Gasteiger partial charge in [-0.05, 0) is 43.2 Å². The molecule has 3 aromatic rings. The second kappa shape index (κ2) is 11.6. The quantitative estimate of drug-likeness (QED) is 0.162. The lowest BCUT2D eigenvalue weighted by molar-refractivity contribution is -0.132. The van der Waals surface area contributed by atoms with Gasteiger partial charge in [0.25, 0.3) is 11.7 Å². The summed E-state index contributed by atoms with van der Waals surface area (Å²) in [6, 6.07) is 15.5. The number of nitrogens with zero attached hydrogens (tertiary/aromatic N) is 1. The summed E-state index contributed by atoms with van der Waals surface area (Å²) < 4.78 is 15.9. The van der Waals surface area contributed by atoms with Crippen LogP contribution in [0.25, 0.3) is 5.76 Å². The molecule has 1 atom stereocenters. The standard InChI is InChI=1S/C30H28ClNO7/c1-5-12-39-30(36)19-10-7-11-20(14-19)32-26(18-9-6-8-17(2)13-18)25(28(34)29(32)35)27(33)21-15-22(31)24(38-4)16-23(21)37-3/h6-11,13-16,26,33H,5,12H2,1-4H3/b27-25+. The summed E-state index contributed by atoms with van der Waals surface area (Å²) in [5.74, 6) is -2.24. The first kappa shape index (κ1) is 27.7. The highest BCUT2D eigenvalue weighted by Gasteiger charge is 2.47. The summed E-state index contributed by atoms with van der Waals surface area (Å²) >= 11 is 6.34. The normalized spacial score (nSPS) is 16.3. The Kier molecular flexibility index (Phi) is 8.26. The molecule has 1 heterocycles. The Bertz CT molecular complexity index is 1480. The van der Waals surface area contributed by atoms with Gasteiger partial charge in [0.05, 0.1) is 48.6 Å². The summed E-state index contributed by atoms with van der Waals surface area (Å²) in [7, 11) is 2.84. The molecule has 1 aliphatic rings. The van der Waals surface area contributed by atoms with Crippen LogP contribution in [-0.4, -0.2) is 43.6 Å². The molecule has 1 saturated heterocycles. The maximum atomic E-state index is 13.5. The number of methoxy groups -OCH3 is 2. The fourth-order valence-electron chi connectivity index (χ4n) is 4.51. The van der Waals surface area contributed by atoms with Crippen LogP contribution in [0.15, 0.2) is 66.2 Å². The highest BCUT2D eigenvalue weighted by atomic mass is 35.5. The van der Waals surface area contributed by atoms with E-state index in [0.717, 1.165) is 5.56 Å². The van der Waals surface area contributed by atoms with Crippen LogP contribution >= 0.6 is 11.6 Å². The van der Waals surface area contributed by atoms with Crippen molar-refractivity contribution >= 4 is 40.7 Å². The lowest BCUT2D eigenvalue weighted by atomic mass is 9.94. The number of amides is 1. The van der Waals surface area contributed by atoms with E-state index in [1.54, 1.807) is 30.3 Å². The average Bonchev–Trinajstić information content (AvgIpc) is 3.21. The molecule has 0 saturated carbocycles. The van der Waals surface area contributed by atoms with Crippen molar-refractivity contribution in [3.8, 4) is 11.5 Å². The first-order valence-electron chi connectivity index (χ1n) is 12.3. The van der Waals surface area contributed by atoms with Gasteiger partial charge in [0.2, 0.25) is 0 Å². The lowest BCUT2D eigenvalue weighted by Crippen LogP contribution is -2.29. The number of rotatable bonds is 8. The van der Waals surface area contributed by atoms with Crippen LogP contribution in [-0.2, 0) is 14.3 Å². The molecule has 1 unspecified atom stereocenters. The van der Waals surface area contributed by atoms with Crippen LogP contribution in [0.3, 0.4) is 0 Å². The number of hydrogen-bond donors (Lipinski definition) is 1. The number of carbonyl (C=O) groups is 3. The Balaban J connectivity index is 1.94. The van der Waals surface area contributed by atoms with Gasteiger partial charge in [0, 0.05) is 11.8 Å². The number of aliphatic hydroxyl groups excluding tert-OH is 1. The van der Waals surface area contributed by atoms with Crippen molar-refractivity contribution < 1.29 is 33.7 Å². The first-order valence-corrected chi connectivity index (χ1v) is 12.7. The number of esters is 1. The van der Waals surface area contributed by atoms with Gasteiger partial charge in [-0.2, -0.15) is 0 Å². The van der Waals surface area contributed by atoms with Crippen molar-refractivity contribution in [2.75, 3.05) is 25.7 Å². The third kappa shape index (κ3) is 5.33. The molecule has 0 aromatic heterocycles. The number of Topliss-reactive ketones (excluding diaryl/α,β-unsaturated/α-hetero) is 1. The van der Waals surface area contributed by atoms with E-state index in [1.807, 2.05) is 26.0 Å². The van der Waals surface area contributed by atoms with Crippen LogP contribution in [0.2, 0.25) is 5.02 Å². The summed E-state index contributed by atoms with van der Waals surface area (Å²) in [6.07, 6.45) is 0.659. The Labute approximate surface area is 231 Å². The zero-order valence-corrected chi connectivity index (χ0v) is 22.7. The topological polar surface area (TPSA) is 102 Å². The van der Waals surface area contributed by atoms with E-state index in [9.17, 15) is 19.5 Å². The number of aliphatic hydroxyl groups is 1. The van der Waals surface area contributed by atoms with E-state index in [2.05, 4.69) is 0 Å². The van der Waals surface area contributed by atoms with Crippen molar-refractivity contribution in [3.05, 3.63) is 93.5 Å². The molecule has 1 aliphatic heterocycles. The number of benzene rings is 3. The fourth-order valence-corrected chi connectivity index (χ4v) is 4.75. The minimum Gasteiger partial charge on any atom is -0.507 e. The van der Waals surface area contributed by atoms with Gasteiger partial charge < -0.3 is 19.3 Å². The SMILES string of the molecule is CCCOC(=O)c1cccc(N2C(=O)C(=O)/C(=C(/O)c3cc(Cl)c(OC)cc3OC)C2c2cccc(C)c2)c1. The third-order valence-corrected chi connectivity index (χ3v) is 6.62. The predicted molar refractivity (Wildman–Crippen MR) is 148 cm³/mol. The van der Waals surface area contributed by atoms with Gasteiger partial charge in [-0.3, -0.25) is 14.5 Å². The van der Waals surface area contributed by atoms with Crippen molar-refractivity contribution in [2.24, 2.45) is 0 Å². The summed E-state index contributed by atoms with van der Waals surface area (Å²) in [5, 5.41) is 11.7. The minimum absolute atomic E-state index is 0.121. The molecule has 0 spiro atoms. The molecule has 1 amide bonds. The van der Waals surface area contributed by atoms with Crippen molar-refractivity contribution in [1.82, 2.24) is 0 Å². The number of ether oxygens (including phenoxy) is 3. The number of ketones is 1. The Morgan fingerprint density at radius 3 is 2.38 bits per heavy atom. The summed E-state index contributed by atoms with van der Waals surface area (Å²) in [6.45, 7) is 4.02. The predicted octanol–water partition coefficient (Wildman–Crippen LogP) is 5.86. The number of carbonyl (C=O) groups excluding carboxylic acids is 3. The highest BCUT2D eigenvalue weighted by molar-refractivity contribution is 6.51. The van der Waals surface area contributed by atoms with E-state index in [1.165, 1.54) is 37.3 Å². The Hall–Kier alpha value is -4.30. The number of aryl methyl sites for hydroxylation is 1. The van der Waals surface area contributed by atoms with Crippen LogP contribution < -0.4 is 14.4 Å². The van der Waals surface area contributed by atoms with Gasteiger partial charge in [-0.1, -0.05) is 54.4 Å². The number of halogens is 1. The average molecular weight is 550 g/mol. The van der Waals surface area contributed by atoms with Crippen LogP contribution in [0.5, 0.6) is 11.5 Å². The monoisotopic (exact) mass is 549 g/mol. The smallest absolute Gasteiger partial charge is 0.338 e. The molecular weight excluding hydrogens is 522 g/mol. The van der Waals surface area contributed by atoms with E-state index in [4.69, 9.17) is 25.8 Å². The molecule has 0 aliphatic carbocycles. The number of anilines is 1. The van der Waals surface area contributed by atoms with Crippen LogP contribution in [0.4, 0.5) is 5.69 Å². The first-order chi connectivity index (χ1) is 18.7. The highest BCUT2D eigenvalue weighted by Crippen LogP contribution is 2.45. The van der Waals surface area contributed by atoms with E-state index < -0.39 is 29.5 Å². The maximum absolute atomic E-state index is 13.5. The summed E-state index contributed by atoms with van der Waals surface area (Å²) in [5.41, 5.74) is 1.98. The fraction of sp³-hybridized carbons (Fsp3) is 0.233. The lowest BCUT2D eigenvalue weighted by Gasteiger charge is -2.26. The van der Waals surface area contributed by atoms with Gasteiger partial charge in [0.1, 0.15) is 17.3 Å². The molecule has 3 aromatic carbocycles. The Morgan fingerprint density at radius 1 is 1.00 bits per heavy atom. The molecule has 0 radical (unpaired) electrons. The van der Waals surface area contributed by atoms with E-state index in [-0.39, 0.29) is 34.1 Å². The second-order valence-corrected chi connectivity index (χ2v) is 9.36. The molecule has 1 fully saturated rings. The third-order valence-electron chi connectivity index (χ3n) is 6.33. The van der Waals surface area contributed by atoms with Gasteiger partial charge >= 0.3 is 5.97 Å². The van der Waals surface area contributed by atoms with Crippen molar-refractivity contribution in [3.63, 3.8) is 0 Å². The van der Waals surface area contributed by atoms with Crippen LogP contribution in [0, 0.1) is 6.92 Å². The molecule has 4 rings (SSSR count). The summed E-state index contributed by atoms with van der Waals surface area (Å²) in [4.78, 5) is 40.9. The second-order valence-electron chi connectivity index (χ2n) is 8.96. The maximum Gasteiger partial charge on any atom is 0.338 e. The zero-order chi connectivity index (χ0) is 28.3. The molecule has 8 nitrogen and oxygen atoms in total. The molecule has 1 N–H and O–H groups in total.